The van der Waals surface area contributed by atoms with Crippen LogP contribution in [0.1, 0.15) is 28.2 Å². The molecule has 0 unspecified atom stereocenters. The summed E-state index contributed by atoms with van der Waals surface area (Å²) < 4.78 is 0. The second-order valence-electron chi connectivity index (χ2n) is 8.44. The van der Waals surface area contributed by atoms with Crippen LogP contribution < -0.4 is 10.6 Å². The van der Waals surface area contributed by atoms with E-state index in [1.165, 1.54) is 0 Å². The number of anilines is 1. The Kier molecular flexibility index (Phi) is 7.21. The Labute approximate surface area is 204 Å². The molecular formula is C29H27N3O3. The maximum atomic E-state index is 13.5. The number of rotatable bonds is 7. The van der Waals surface area contributed by atoms with E-state index in [2.05, 4.69) is 15.6 Å². The molecular weight excluding hydrogens is 438 g/mol. The Balaban J connectivity index is 1.64. The van der Waals surface area contributed by atoms with Gasteiger partial charge in [-0.25, -0.2) is 4.79 Å². The molecule has 0 aliphatic rings. The van der Waals surface area contributed by atoms with Crippen molar-refractivity contribution in [1.29, 1.82) is 0 Å². The fourth-order valence-electron chi connectivity index (χ4n) is 4.43. The minimum absolute atomic E-state index is 0.436. The summed E-state index contributed by atoms with van der Waals surface area (Å²) in [5, 5.41) is 14.9. The molecule has 3 N–H and O–H groups in total. The molecule has 0 fully saturated rings. The van der Waals surface area contributed by atoms with Gasteiger partial charge in [-0.15, -0.1) is 0 Å². The molecule has 176 valence electrons. The summed E-state index contributed by atoms with van der Waals surface area (Å²) in [5.74, 6) is -0.941. The summed E-state index contributed by atoms with van der Waals surface area (Å²) in [6, 6.07) is 25.4. The van der Waals surface area contributed by atoms with Gasteiger partial charge in [-0.3, -0.25) is 9.78 Å². The van der Waals surface area contributed by atoms with E-state index in [4.69, 9.17) is 0 Å². The van der Waals surface area contributed by atoms with E-state index in [-0.39, 0.29) is 0 Å². The second-order valence-corrected chi connectivity index (χ2v) is 8.44. The molecule has 1 atom stereocenters. The number of nitrogens with one attached hydrogen (secondary N) is 2. The average molecular weight is 466 g/mol. The molecule has 4 rings (SSSR count). The van der Waals surface area contributed by atoms with Crippen LogP contribution in [-0.4, -0.2) is 28.1 Å². The molecule has 2 amide bonds. The number of carboxylic acid groups (broad SMARTS) is 1. The third kappa shape index (κ3) is 5.55. The molecule has 1 aromatic heterocycles. The highest BCUT2D eigenvalue weighted by Crippen LogP contribution is 2.30. The maximum Gasteiger partial charge on any atom is 0.405 e. The summed E-state index contributed by atoms with van der Waals surface area (Å²) >= 11 is 0. The van der Waals surface area contributed by atoms with E-state index in [0.717, 1.165) is 33.4 Å². The number of carbonyl (C=O) groups excluding carboxylic acids is 1. The van der Waals surface area contributed by atoms with Crippen LogP contribution in [0.4, 0.5) is 10.5 Å². The highest BCUT2D eigenvalue weighted by Gasteiger charge is 2.32. The monoisotopic (exact) mass is 465 g/mol. The molecule has 35 heavy (non-hydrogen) atoms. The minimum Gasteiger partial charge on any atom is -0.465 e. The first-order valence-corrected chi connectivity index (χ1v) is 11.4. The van der Waals surface area contributed by atoms with Crippen molar-refractivity contribution in [1.82, 2.24) is 10.3 Å². The van der Waals surface area contributed by atoms with Crippen molar-refractivity contribution < 1.29 is 14.7 Å². The molecule has 0 aliphatic heterocycles. The number of nitrogens with zero attached hydrogens (tertiary/aromatic N) is 1. The van der Waals surface area contributed by atoms with Crippen LogP contribution in [0, 0.1) is 13.8 Å². The Morgan fingerprint density at radius 3 is 1.77 bits per heavy atom. The number of carbonyl (C=O) groups is 2. The van der Waals surface area contributed by atoms with Gasteiger partial charge in [-0.2, -0.15) is 0 Å². The van der Waals surface area contributed by atoms with Crippen molar-refractivity contribution in [2.24, 2.45) is 0 Å². The topological polar surface area (TPSA) is 91.3 Å². The lowest BCUT2D eigenvalue weighted by Crippen LogP contribution is -2.47. The lowest BCUT2D eigenvalue weighted by Gasteiger charge is -2.27. The SMILES string of the molecule is Cc1cncc(C)c1-c1ccc(NC(=O)[C@@H](NC(=O)O)C(c2ccccc2)c2ccccc2)cc1. The summed E-state index contributed by atoms with van der Waals surface area (Å²) in [6.45, 7) is 4.03. The zero-order valence-corrected chi connectivity index (χ0v) is 19.6. The molecule has 6 heteroatoms. The fourth-order valence-corrected chi connectivity index (χ4v) is 4.43. The van der Waals surface area contributed by atoms with Crippen molar-refractivity contribution in [2.45, 2.75) is 25.8 Å². The summed E-state index contributed by atoms with van der Waals surface area (Å²) in [7, 11) is 0. The van der Waals surface area contributed by atoms with Gasteiger partial charge in [0.15, 0.2) is 0 Å². The van der Waals surface area contributed by atoms with Crippen molar-refractivity contribution in [2.75, 3.05) is 5.32 Å². The van der Waals surface area contributed by atoms with E-state index >= 15 is 0 Å². The molecule has 0 aliphatic carbocycles. The predicted molar refractivity (Wildman–Crippen MR) is 137 cm³/mol. The third-order valence-corrected chi connectivity index (χ3v) is 5.98. The number of hydrogen-bond donors (Lipinski definition) is 3. The van der Waals surface area contributed by atoms with Gasteiger partial charge in [0.1, 0.15) is 6.04 Å². The van der Waals surface area contributed by atoms with E-state index in [9.17, 15) is 14.7 Å². The highest BCUT2D eigenvalue weighted by atomic mass is 16.4. The smallest absolute Gasteiger partial charge is 0.405 e. The van der Waals surface area contributed by atoms with E-state index in [1.54, 1.807) is 0 Å². The highest BCUT2D eigenvalue weighted by molar-refractivity contribution is 5.97. The normalized spacial score (nSPS) is 11.6. The van der Waals surface area contributed by atoms with Gasteiger partial charge in [-0.1, -0.05) is 72.8 Å². The summed E-state index contributed by atoms with van der Waals surface area (Å²) in [5.41, 5.74) is 6.53. The molecule has 6 nitrogen and oxygen atoms in total. The lowest BCUT2D eigenvalue weighted by atomic mass is 9.84. The fraction of sp³-hybridized carbons (Fsp3) is 0.138. The summed E-state index contributed by atoms with van der Waals surface area (Å²) in [4.78, 5) is 29.4. The van der Waals surface area contributed by atoms with Gasteiger partial charge >= 0.3 is 6.09 Å². The first-order chi connectivity index (χ1) is 16.9. The van der Waals surface area contributed by atoms with Crippen molar-refractivity contribution >= 4 is 17.7 Å². The molecule has 4 aromatic rings. The number of pyridine rings is 1. The number of aryl methyl sites for hydroxylation is 2. The molecule has 0 bridgehead atoms. The van der Waals surface area contributed by atoms with Crippen molar-refractivity contribution in [3.05, 3.63) is 120 Å². The molecule has 0 radical (unpaired) electrons. The Morgan fingerprint density at radius 2 is 1.29 bits per heavy atom. The Morgan fingerprint density at radius 1 is 0.771 bits per heavy atom. The van der Waals surface area contributed by atoms with Gasteiger partial charge in [0.25, 0.3) is 0 Å². The van der Waals surface area contributed by atoms with Crippen LogP contribution >= 0.6 is 0 Å². The van der Waals surface area contributed by atoms with Crippen LogP contribution in [0.2, 0.25) is 0 Å². The average Bonchev–Trinajstić information content (AvgIpc) is 2.86. The lowest BCUT2D eigenvalue weighted by molar-refractivity contribution is -0.118. The van der Waals surface area contributed by atoms with Gasteiger partial charge in [0.2, 0.25) is 5.91 Å². The second kappa shape index (κ2) is 10.7. The maximum absolute atomic E-state index is 13.5. The zero-order valence-electron chi connectivity index (χ0n) is 19.6. The summed E-state index contributed by atoms with van der Waals surface area (Å²) in [6.07, 6.45) is 2.39. The van der Waals surface area contributed by atoms with Gasteiger partial charge in [0.05, 0.1) is 0 Å². The standard InChI is InChI=1S/C29H27N3O3/c1-19-17-30-18-20(2)25(19)23-13-15-24(16-14-23)31-28(33)27(32-29(34)35)26(21-9-5-3-6-10-21)22-11-7-4-8-12-22/h3-18,26-27,32H,1-2H3,(H,31,33)(H,34,35)/t27-/m0/s1. The first kappa shape index (κ1) is 23.7. The molecule has 1 heterocycles. The van der Waals surface area contributed by atoms with Crippen LogP contribution in [0.25, 0.3) is 11.1 Å². The first-order valence-electron chi connectivity index (χ1n) is 11.4. The molecule has 0 spiro atoms. The number of amides is 2. The number of hydrogen-bond acceptors (Lipinski definition) is 3. The predicted octanol–water partition coefficient (Wildman–Crippen LogP) is 5.77. The van der Waals surface area contributed by atoms with Crippen molar-refractivity contribution in [3.63, 3.8) is 0 Å². The van der Waals surface area contributed by atoms with Crippen molar-refractivity contribution in [3.8, 4) is 11.1 Å². The van der Waals surface area contributed by atoms with E-state index < -0.39 is 24.0 Å². The Bertz CT molecular complexity index is 1250. The minimum atomic E-state index is -1.26. The quantitative estimate of drug-likeness (QED) is 0.323. The van der Waals surface area contributed by atoms with Gasteiger partial charge < -0.3 is 15.7 Å². The van der Waals surface area contributed by atoms with E-state index in [1.807, 2.05) is 111 Å². The van der Waals surface area contributed by atoms with Gasteiger partial charge in [0, 0.05) is 24.0 Å². The van der Waals surface area contributed by atoms with Crippen LogP contribution in [0.15, 0.2) is 97.3 Å². The van der Waals surface area contributed by atoms with Crippen LogP contribution in [-0.2, 0) is 4.79 Å². The van der Waals surface area contributed by atoms with Gasteiger partial charge in [-0.05, 0) is 59.4 Å². The Hall–Kier alpha value is -4.45. The number of benzene rings is 3. The molecule has 0 saturated heterocycles. The molecule has 0 saturated carbocycles. The largest absolute Gasteiger partial charge is 0.465 e. The van der Waals surface area contributed by atoms with Crippen LogP contribution in [0.3, 0.4) is 0 Å². The van der Waals surface area contributed by atoms with Crippen LogP contribution in [0.5, 0.6) is 0 Å². The number of aromatic nitrogens is 1. The van der Waals surface area contributed by atoms with E-state index in [0.29, 0.717) is 5.69 Å². The molecule has 3 aromatic carbocycles. The zero-order chi connectivity index (χ0) is 24.8. The third-order valence-electron chi connectivity index (χ3n) is 5.98.